The maximum Gasteiger partial charge on any atom is 0.333 e. The number of urea groups is 1. The number of hydrogen-bond acceptors (Lipinski definition) is 7. The van der Waals surface area contributed by atoms with Gasteiger partial charge in [0.15, 0.2) is 0 Å². The summed E-state index contributed by atoms with van der Waals surface area (Å²) >= 11 is 16.3. The predicted molar refractivity (Wildman–Crippen MR) is 139 cm³/mol. The highest BCUT2D eigenvalue weighted by Gasteiger charge is 2.34. The molecule has 0 fully saturated rings. The van der Waals surface area contributed by atoms with E-state index in [0.717, 1.165) is 21.9 Å². The first-order chi connectivity index (χ1) is 16.5. The van der Waals surface area contributed by atoms with Crippen LogP contribution >= 0.6 is 50.5 Å². The van der Waals surface area contributed by atoms with Crippen LogP contribution in [-0.4, -0.2) is 33.3 Å². The van der Waals surface area contributed by atoms with Gasteiger partial charge >= 0.3 is 6.03 Å². The number of carbonyl (C=O) groups is 3. The standard InChI is InChI=1S/C21H15BrCl2N4O5S2/c1-25-15-6-10-7-18(29)28(20(30)12(10)9-13(15)22)16-3-2-11(8-14(16)23)26-21(31)27-35(32,33)19-5-4-17(24)34-19/h2-6,8-9,25H,7H2,1H3,(H2,26,27,31). The van der Waals surface area contributed by atoms with E-state index in [4.69, 9.17) is 23.2 Å². The summed E-state index contributed by atoms with van der Waals surface area (Å²) in [6, 6.07) is 9.11. The molecule has 0 saturated heterocycles. The molecule has 2 heterocycles. The lowest BCUT2D eigenvalue weighted by atomic mass is 9.97. The Balaban J connectivity index is 1.54. The second-order valence-electron chi connectivity index (χ2n) is 7.23. The van der Waals surface area contributed by atoms with Crippen molar-refractivity contribution in [3.8, 4) is 0 Å². The Labute approximate surface area is 222 Å². The van der Waals surface area contributed by atoms with Gasteiger partial charge < -0.3 is 10.6 Å². The molecule has 0 saturated carbocycles. The van der Waals surface area contributed by atoms with E-state index >= 15 is 0 Å². The summed E-state index contributed by atoms with van der Waals surface area (Å²) in [5.41, 5.74) is 1.96. The van der Waals surface area contributed by atoms with E-state index in [1.54, 1.807) is 19.2 Å². The number of rotatable bonds is 5. The number of halogens is 3. The summed E-state index contributed by atoms with van der Waals surface area (Å²) in [7, 11) is -2.38. The number of carbonyl (C=O) groups excluding carboxylic acids is 3. The monoisotopic (exact) mass is 616 g/mol. The molecule has 35 heavy (non-hydrogen) atoms. The van der Waals surface area contributed by atoms with Gasteiger partial charge in [0.05, 0.1) is 21.5 Å². The molecular weight excluding hydrogens is 603 g/mol. The molecule has 4 rings (SSSR count). The zero-order valence-electron chi connectivity index (χ0n) is 17.7. The zero-order valence-corrected chi connectivity index (χ0v) is 22.4. The highest BCUT2D eigenvalue weighted by atomic mass is 79.9. The minimum Gasteiger partial charge on any atom is -0.387 e. The number of nitrogens with zero attached hydrogens (tertiary/aromatic N) is 1. The van der Waals surface area contributed by atoms with Crippen LogP contribution in [0, 0.1) is 0 Å². The van der Waals surface area contributed by atoms with Crippen molar-refractivity contribution >= 4 is 95.4 Å². The number of benzene rings is 2. The van der Waals surface area contributed by atoms with Crippen molar-refractivity contribution in [1.82, 2.24) is 4.72 Å². The number of imide groups is 1. The number of nitrogens with one attached hydrogen (secondary N) is 3. The third kappa shape index (κ3) is 5.16. The van der Waals surface area contributed by atoms with E-state index in [9.17, 15) is 22.8 Å². The molecule has 0 aliphatic carbocycles. The Bertz CT molecular complexity index is 1490. The third-order valence-corrected chi connectivity index (χ3v) is 8.99. The topological polar surface area (TPSA) is 125 Å². The largest absolute Gasteiger partial charge is 0.387 e. The van der Waals surface area contributed by atoms with Gasteiger partial charge in [-0.05, 0) is 64.0 Å². The number of thiophene rings is 1. The van der Waals surface area contributed by atoms with Crippen molar-refractivity contribution in [2.24, 2.45) is 0 Å². The summed E-state index contributed by atoms with van der Waals surface area (Å²) in [4.78, 5) is 39.2. The first-order valence-corrected chi connectivity index (χ1v) is 13.6. The third-order valence-electron chi connectivity index (χ3n) is 4.97. The summed E-state index contributed by atoms with van der Waals surface area (Å²) < 4.78 is 27.2. The van der Waals surface area contributed by atoms with Crippen molar-refractivity contribution in [3.63, 3.8) is 0 Å². The molecule has 14 heteroatoms. The summed E-state index contributed by atoms with van der Waals surface area (Å²) in [5, 5.41) is 5.35. The molecule has 2 aromatic carbocycles. The van der Waals surface area contributed by atoms with Gasteiger partial charge in [-0.2, -0.15) is 0 Å². The van der Waals surface area contributed by atoms with Crippen LogP contribution in [0.3, 0.4) is 0 Å². The fourth-order valence-corrected chi connectivity index (χ4v) is 6.61. The first kappa shape index (κ1) is 25.5. The van der Waals surface area contributed by atoms with Crippen molar-refractivity contribution < 1.29 is 22.8 Å². The number of hydrogen-bond donors (Lipinski definition) is 3. The van der Waals surface area contributed by atoms with E-state index in [1.165, 1.54) is 30.3 Å². The molecule has 0 atom stereocenters. The van der Waals surface area contributed by atoms with Gasteiger partial charge in [-0.3, -0.25) is 9.59 Å². The molecule has 182 valence electrons. The lowest BCUT2D eigenvalue weighted by molar-refractivity contribution is -0.117. The molecule has 1 aromatic heterocycles. The van der Waals surface area contributed by atoms with Crippen molar-refractivity contribution in [3.05, 3.63) is 67.4 Å². The number of fused-ring (bicyclic) bond motifs is 1. The maximum atomic E-state index is 13.1. The highest BCUT2D eigenvalue weighted by Crippen LogP contribution is 2.36. The normalized spacial score (nSPS) is 13.4. The van der Waals surface area contributed by atoms with Gasteiger partial charge in [0, 0.05) is 28.5 Å². The summed E-state index contributed by atoms with van der Waals surface area (Å²) in [6.45, 7) is 0. The van der Waals surface area contributed by atoms with E-state index in [-0.39, 0.29) is 31.4 Å². The Morgan fingerprint density at radius 1 is 1.11 bits per heavy atom. The van der Waals surface area contributed by atoms with Crippen LogP contribution in [0.1, 0.15) is 15.9 Å². The molecule has 0 radical (unpaired) electrons. The van der Waals surface area contributed by atoms with Crippen LogP contribution in [0.5, 0.6) is 0 Å². The summed E-state index contributed by atoms with van der Waals surface area (Å²) in [6.07, 6.45) is -0.00757. The van der Waals surface area contributed by atoms with Crippen molar-refractivity contribution in [2.75, 3.05) is 22.6 Å². The van der Waals surface area contributed by atoms with Crippen LogP contribution in [-0.2, 0) is 21.2 Å². The Hall–Kier alpha value is -2.64. The fraction of sp³-hybridized carbons (Fsp3) is 0.0952. The van der Waals surface area contributed by atoms with Crippen molar-refractivity contribution in [2.45, 2.75) is 10.6 Å². The Morgan fingerprint density at radius 2 is 1.86 bits per heavy atom. The van der Waals surface area contributed by atoms with Gasteiger partial charge in [0.2, 0.25) is 5.91 Å². The van der Waals surface area contributed by atoms with E-state index in [2.05, 4.69) is 26.6 Å². The van der Waals surface area contributed by atoms with Gasteiger partial charge in [-0.15, -0.1) is 11.3 Å². The molecule has 3 N–H and O–H groups in total. The molecule has 1 aliphatic rings. The molecule has 0 bridgehead atoms. The highest BCUT2D eigenvalue weighted by molar-refractivity contribution is 9.10. The Kier molecular flexibility index (Phi) is 7.11. The molecule has 0 unspecified atom stereocenters. The molecule has 4 amide bonds. The second-order valence-corrected chi connectivity index (χ2v) is 12.1. The zero-order chi connectivity index (χ0) is 25.5. The average Bonchev–Trinajstić information content (AvgIpc) is 3.22. The molecule has 3 aromatic rings. The van der Waals surface area contributed by atoms with Crippen LogP contribution in [0.4, 0.5) is 21.9 Å². The Morgan fingerprint density at radius 3 is 2.49 bits per heavy atom. The number of anilines is 3. The van der Waals surface area contributed by atoms with Gasteiger partial charge in [0.25, 0.3) is 15.9 Å². The van der Waals surface area contributed by atoms with Gasteiger partial charge in [-0.25, -0.2) is 22.8 Å². The van der Waals surface area contributed by atoms with Crippen LogP contribution < -0.4 is 20.3 Å². The minimum absolute atomic E-state index is 0.00626. The summed E-state index contributed by atoms with van der Waals surface area (Å²) in [5.74, 6) is -1.01. The van der Waals surface area contributed by atoms with E-state index in [1.807, 2.05) is 4.72 Å². The van der Waals surface area contributed by atoms with Gasteiger partial charge in [-0.1, -0.05) is 23.2 Å². The van der Waals surface area contributed by atoms with Crippen LogP contribution in [0.2, 0.25) is 9.36 Å². The fourth-order valence-electron chi connectivity index (χ4n) is 3.41. The van der Waals surface area contributed by atoms with Crippen LogP contribution in [0.15, 0.2) is 51.1 Å². The van der Waals surface area contributed by atoms with E-state index in [0.29, 0.717) is 15.6 Å². The predicted octanol–water partition coefficient (Wildman–Crippen LogP) is 5.10. The first-order valence-electron chi connectivity index (χ1n) is 9.76. The number of sulfonamides is 1. The quantitative estimate of drug-likeness (QED) is 0.342. The minimum atomic E-state index is -4.11. The van der Waals surface area contributed by atoms with Gasteiger partial charge in [0.1, 0.15) is 4.21 Å². The van der Waals surface area contributed by atoms with E-state index < -0.39 is 27.9 Å². The SMILES string of the molecule is CNc1cc2c(cc1Br)C(=O)N(c1ccc(NC(=O)NS(=O)(=O)c3ccc(Cl)s3)cc1Cl)C(=O)C2. The molecule has 9 nitrogen and oxygen atoms in total. The van der Waals surface area contributed by atoms with Crippen LogP contribution in [0.25, 0.3) is 0 Å². The van der Waals surface area contributed by atoms with Crippen molar-refractivity contribution in [1.29, 1.82) is 0 Å². The molecule has 0 spiro atoms. The lowest BCUT2D eigenvalue weighted by Gasteiger charge is -2.28. The molecular formula is C21H15BrCl2N4O5S2. The maximum absolute atomic E-state index is 13.1. The lowest BCUT2D eigenvalue weighted by Crippen LogP contribution is -2.42. The average molecular weight is 618 g/mol. The number of amides is 4. The smallest absolute Gasteiger partial charge is 0.333 e. The second kappa shape index (κ2) is 9.78. The molecule has 1 aliphatic heterocycles.